The minimum absolute atomic E-state index is 0.240. The van der Waals surface area contributed by atoms with Gasteiger partial charge < -0.3 is 9.84 Å². The number of hydrogen-bond donors (Lipinski definition) is 1. The van der Waals surface area contributed by atoms with Crippen molar-refractivity contribution in [2.24, 2.45) is 0 Å². The molecule has 1 heterocycles. The lowest BCUT2D eigenvalue weighted by Gasteiger charge is -1.95. The molecule has 0 aliphatic rings. The summed E-state index contributed by atoms with van der Waals surface area (Å²) in [6.07, 6.45) is 1.23. The van der Waals surface area contributed by atoms with E-state index in [1.165, 1.54) is 6.08 Å². The molecule has 1 aromatic rings. The number of amides is 1. The molecule has 1 amide bonds. The van der Waals surface area contributed by atoms with Crippen molar-refractivity contribution >= 4 is 5.91 Å². The SMILES string of the molecule is C=C=CC(=O)NCc1cc(C)on1. The van der Waals surface area contributed by atoms with E-state index in [0.29, 0.717) is 12.2 Å². The minimum Gasteiger partial charge on any atom is -0.361 e. The van der Waals surface area contributed by atoms with Crippen molar-refractivity contribution in [3.8, 4) is 0 Å². The second-order valence-electron chi connectivity index (χ2n) is 2.50. The first-order valence-corrected chi connectivity index (χ1v) is 3.78. The molecule has 0 bridgehead atoms. The maximum absolute atomic E-state index is 10.9. The Morgan fingerprint density at radius 1 is 1.92 bits per heavy atom. The van der Waals surface area contributed by atoms with Crippen LogP contribution >= 0.6 is 0 Å². The Morgan fingerprint density at radius 3 is 3.23 bits per heavy atom. The first-order valence-electron chi connectivity index (χ1n) is 3.78. The first kappa shape index (κ1) is 9.29. The fourth-order valence-electron chi connectivity index (χ4n) is 0.823. The molecule has 0 aromatic carbocycles. The summed E-state index contributed by atoms with van der Waals surface area (Å²) in [5.74, 6) is 0.485. The molecular weight excluding hydrogens is 168 g/mol. The lowest BCUT2D eigenvalue weighted by Crippen LogP contribution is -2.20. The van der Waals surface area contributed by atoms with E-state index in [9.17, 15) is 4.79 Å². The van der Waals surface area contributed by atoms with Gasteiger partial charge in [-0.05, 0) is 6.92 Å². The van der Waals surface area contributed by atoms with Crippen LogP contribution in [0.2, 0.25) is 0 Å². The predicted molar refractivity (Wildman–Crippen MR) is 46.8 cm³/mol. The number of nitrogens with zero attached hydrogens (tertiary/aromatic N) is 1. The predicted octanol–water partition coefficient (Wildman–Crippen LogP) is 0.940. The summed E-state index contributed by atoms with van der Waals surface area (Å²) in [5, 5.41) is 6.30. The molecule has 1 rings (SSSR count). The lowest BCUT2D eigenvalue weighted by molar-refractivity contribution is -0.116. The highest BCUT2D eigenvalue weighted by Gasteiger charge is 2.00. The third kappa shape index (κ3) is 2.97. The molecule has 0 fully saturated rings. The molecule has 1 aromatic heterocycles. The van der Waals surface area contributed by atoms with E-state index >= 15 is 0 Å². The highest BCUT2D eigenvalue weighted by molar-refractivity contribution is 5.87. The smallest absolute Gasteiger partial charge is 0.252 e. The van der Waals surface area contributed by atoms with Gasteiger partial charge in [0.05, 0.1) is 6.54 Å². The Morgan fingerprint density at radius 2 is 2.69 bits per heavy atom. The van der Waals surface area contributed by atoms with Crippen LogP contribution in [0.5, 0.6) is 0 Å². The lowest BCUT2D eigenvalue weighted by atomic mass is 10.4. The van der Waals surface area contributed by atoms with Gasteiger partial charge >= 0.3 is 0 Å². The number of carbonyl (C=O) groups is 1. The molecule has 0 saturated carbocycles. The second-order valence-corrected chi connectivity index (χ2v) is 2.50. The standard InChI is InChI=1S/C9H10N2O2/c1-3-4-9(12)10-6-8-5-7(2)13-11-8/h4-5H,1,6H2,2H3,(H,10,12). The van der Waals surface area contributed by atoms with Gasteiger partial charge in [-0.1, -0.05) is 11.7 Å². The summed E-state index contributed by atoms with van der Waals surface area (Å²) < 4.78 is 4.82. The van der Waals surface area contributed by atoms with Crippen LogP contribution < -0.4 is 5.32 Å². The number of aromatic nitrogens is 1. The minimum atomic E-state index is -0.240. The van der Waals surface area contributed by atoms with Crippen LogP contribution in [0, 0.1) is 6.92 Å². The zero-order valence-electron chi connectivity index (χ0n) is 7.33. The van der Waals surface area contributed by atoms with Crippen molar-refractivity contribution in [2.75, 3.05) is 0 Å². The van der Waals surface area contributed by atoms with Gasteiger partial charge in [0.1, 0.15) is 11.5 Å². The van der Waals surface area contributed by atoms with Crippen LogP contribution in [0.15, 0.2) is 29.0 Å². The van der Waals surface area contributed by atoms with E-state index in [1.807, 2.05) is 0 Å². The monoisotopic (exact) mass is 178 g/mol. The molecule has 0 radical (unpaired) electrons. The van der Waals surface area contributed by atoms with Crippen LogP contribution in [-0.2, 0) is 11.3 Å². The largest absolute Gasteiger partial charge is 0.361 e. The zero-order valence-corrected chi connectivity index (χ0v) is 7.33. The van der Waals surface area contributed by atoms with Crippen LogP contribution in [0.1, 0.15) is 11.5 Å². The van der Waals surface area contributed by atoms with Crippen molar-refractivity contribution in [3.63, 3.8) is 0 Å². The van der Waals surface area contributed by atoms with Gasteiger partial charge in [0.2, 0.25) is 0 Å². The highest BCUT2D eigenvalue weighted by atomic mass is 16.5. The molecule has 4 heteroatoms. The maximum Gasteiger partial charge on any atom is 0.252 e. The zero-order chi connectivity index (χ0) is 9.68. The Kier molecular flexibility index (Phi) is 3.06. The number of hydrogen-bond acceptors (Lipinski definition) is 3. The summed E-state index contributed by atoms with van der Waals surface area (Å²) in [6.45, 7) is 5.43. The van der Waals surface area contributed by atoms with E-state index < -0.39 is 0 Å². The van der Waals surface area contributed by atoms with E-state index in [2.05, 4.69) is 22.8 Å². The molecule has 0 spiro atoms. The fourth-order valence-corrected chi connectivity index (χ4v) is 0.823. The van der Waals surface area contributed by atoms with E-state index in [0.717, 1.165) is 5.76 Å². The van der Waals surface area contributed by atoms with Crippen molar-refractivity contribution in [1.82, 2.24) is 10.5 Å². The topological polar surface area (TPSA) is 55.1 Å². The van der Waals surface area contributed by atoms with E-state index in [1.54, 1.807) is 13.0 Å². The Labute approximate surface area is 75.9 Å². The summed E-state index contributed by atoms with van der Waals surface area (Å²) in [5.41, 5.74) is 3.08. The summed E-state index contributed by atoms with van der Waals surface area (Å²) in [4.78, 5) is 10.9. The molecule has 0 saturated heterocycles. The molecule has 0 aliphatic heterocycles. The van der Waals surface area contributed by atoms with Crippen molar-refractivity contribution in [3.05, 3.63) is 35.9 Å². The third-order valence-corrected chi connectivity index (χ3v) is 1.35. The number of rotatable bonds is 3. The number of aryl methyl sites for hydroxylation is 1. The van der Waals surface area contributed by atoms with Crippen molar-refractivity contribution < 1.29 is 9.32 Å². The molecule has 68 valence electrons. The van der Waals surface area contributed by atoms with Gasteiger partial charge in [-0.2, -0.15) is 0 Å². The van der Waals surface area contributed by atoms with Gasteiger partial charge in [0, 0.05) is 12.1 Å². The van der Waals surface area contributed by atoms with Crippen LogP contribution in [0.25, 0.3) is 0 Å². The molecule has 1 N–H and O–H groups in total. The second kappa shape index (κ2) is 4.28. The quantitative estimate of drug-likeness (QED) is 0.553. The average Bonchev–Trinajstić information content (AvgIpc) is 2.49. The average molecular weight is 178 g/mol. The molecule has 0 unspecified atom stereocenters. The molecule has 13 heavy (non-hydrogen) atoms. The summed E-state index contributed by atoms with van der Waals surface area (Å²) in [6, 6.07) is 1.76. The highest BCUT2D eigenvalue weighted by Crippen LogP contribution is 2.00. The van der Waals surface area contributed by atoms with Crippen LogP contribution in [-0.4, -0.2) is 11.1 Å². The number of nitrogens with one attached hydrogen (secondary N) is 1. The van der Waals surface area contributed by atoms with Crippen LogP contribution in [0.4, 0.5) is 0 Å². The van der Waals surface area contributed by atoms with Crippen molar-refractivity contribution in [2.45, 2.75) is 13.5 Å². The Bertz CT molecular complexity index is 348. The molecular formula is C9H10N2O2. The summed E-state index contributed by atoms with van der Waals surface area (Å²) in [7, 11) is 0. The Hall–Kier alpha value is -1.80. The van der Waals surface area contributed by atoms with E-state index in [4.69, 9.17) is 4.52 Å². The van der Waals surface area contributed by atoms with Gasteiger partial charge in [0.15, 0.2) is 0 Å². The van der Waals surface area contributed by atoms with Gasteiger partial charge in [-0.3, -0.25) is 4.79 Å². The normalized spacial score (nSPS) is 9.00. The van der Waals surface area contributed by atoms with Gasteiger partial charge in [0.25, 0.3) is 5.91 Å². The van der Waals surface area contributed by atoms with E-state index in [-0.39, 0.29) is 5.91 Å². The van der Waals surface area contributed by atoms with Crippen LogP contribution in [0.3, 0.4) is 0 Å². The molecule has 0 atom stereocenters. The third-order valence-electron chi connectivity index (χ3n) is 1.35. The van der Waals surface area contributed by atoms with Crippen molar-refractivity contribution in [1.29, 1.82) is 0 Å². The van der Waals surface area contributed by atoms with Gasteiger partial charge in [-0.15, -0.1) is 5.73 Å². The fraction of sp³-hybridized carbons (Fsp3) is 0.222. The summed E-state index contributed by atoms with van der Waals surface area (Å²) >= 11 is 0. The van der Waals surface area contributed by atoms with Gasteiger partial charge in [-0.25, -0.2) is 0 Å². The maximum atomic E-state index is 10.9. The number of carbonyl (C=O) groups excluding carboxylic acids is 1. The first-order chi connectivity index (χ1) is 6.22. The Balaban J connectivity index is 2.43. The molecule has 0 aliphatic carbocycles. The molecule has 4 nitrogen and oxygen atoms in total.